The molecule has 0 unspecified atom stereocenters. The van der Waals surface area contributed by atoms with E-state index in [1.807, 2.05) is 12.1 Å². The fourth-order valence-electron chi connectivity index (χ4n) is 8.81. The van der Waals surface area contributed by atoms with Crippen molar-refractivity contribution in [2.75, 3.05) is 0 Å². The Labute approximate surface area is 349 Å². The summed E-state index contributed by atoms with van der Waals surface area (Å²) in [4.78, 5) is 15.9. The van der Waals surface area contributed by atoms with E-state index < -0.39 is 0 Å². The quantitative estimate of drug-likeness (QED) is 0.152. The minimum absolute atomic E-state index is 0.622. The van der Waals surface area contributed by atoms with E-state index in [1.54, 1.807) is 0 Å². The second-order valence-electron chi connectivity index (χ2n) is 15.1. The second-order valence-corrected chi connectivity index (χ2v) is 15.1. The summed E-state index contributed by atoms with van der Waals surface area (Å²) in [5.74, 6) is 1.87. The van der Waals surface area contributed by atoms with Crippen LogP contribution in [0.25, 0.3) is 111 Å². The lowest BCUT2D eigenvalue weighted by Gasteiger charge is -2.19. The molecule has 0 atom stereocenters. The Bertz CT molecular complexity index is 3300. The van der Waals surface area contributed by atoms with Gasteiger partial charge in [0.2, 0.25) is 0 Å². The van der Waals surface area contributed by atoms with Crippen LogP contribution in [0.15, 0.2) is 224 Å². The number of rotatable bonds is 7. The molecular formula is C57H37N3. The Hall–Kier alpha value is -8.01. The zero-order chi connectivity index (χ0) is 39.8. The first-order chi connectivity index (χ1) is 29.8. The highest BCUT2D eigenvalue weighted by atomic mass is 15.0. The summed E-state index contributed by atoms with van der Waals surface area (Å²) < 4.78 is 0. The maximum Gasteiger partial charge on any atom is 0.164 e. The normalized spacial score (nSPS) is 11.3. The highest BCUT2D eigenvalue weighted by Gasteiger charge is 2.21. The zero-order valence-electron chi connectivity index (χ0n) is 32.7. The van der Waals surface area contributed by atoms with Gasteiger partial charge in [-0.25, -0.2) is 15.0 Å². The minimum atomic E-state index is 0.622. The average molecular weight is 764 g/mol. The fourth-order valence-corrected chi connectivity index (χ4v) is 8.81. The molecule has 60 heavy (non-hydrogen) atoms. The van der Waals surface area contributed by atoms with Gasteiger partial charge in [0.25, 0.3) is 0 Å². The van der Waals surface area contributed by atoms with Crippen LogP contribution in [-0.4, -0.2) is 15.0 Å². The van der Waals surface area contributed by atoms with Gasteiger partial charge in [-0.1, -0.05) is 212 Å². The van der Waals surface area contributed by atoms with Crippen molar-refractivity contribution in [3.63, 3.8) is 0 Å². The van der Waals surface area contributed by atoms with E-state index in [0.29, 0.717) is 17.5 Å². The Morgan fingerprint density at radius 3 is 1.22 bits per heavy atom. The van der Waals surface area contributed by atoms with Crippen LogP contribution >= 0.6 is 0 Å². The summed E-state index contributed by atoms with van der Waals surface area (Å²) in [5.41, 5.74) is 12.1. The van der Waals surface area contributed by atoms with E-state index in [1.165, 1.54) is 43.8 Å². The Kier molecular flexibility index (Phi) is 8.83. The first-order valence-electron chi connectivity index (χ1n) is 20.4. The second kappa shape index (κ2) is 15.1. The third-order valence-corrected chi connectivity index (χ3v) is 11.5. The summed E-state index contributed by atoms with van der Waals surface area (Å²) in [6.45, 7) is 0. The monoisotopic (exact) mass is 763 g/mol. The van der Waals surface area contributed by atoms with Crippen LogP contribution in [0.5, 0.6) is 0 Å². The number of aromatic nitrogens is 3. The van der Waals surface area contributed by atoms with E-state index in [9.17, 15) is 0 Å². The molecule has 0 spiro atoms. The molecule has 3 nitrogen and oxygen atoms in total. The summed E-state index contributed by atoms with van der Waals surface area (Å²) in [5, 5.41) is 7.10. The molecule has 11 rings (SSSR count). The molecule has 0 amide bonds. The van der Waals surface area contributed by atoms with Crippen LogP contribution in [-0.2, 0) is 0 Å². The first-order valence-corrected chi connectivity index (χ1v) is 20.4. The molecule has 0 radical (unpaired) electrons. The molecule has 0 bridgehead atoms. The van der Waals surface area contributed by atoms with Crippen molar-refractivity contribution < 1.29 is 0 Å². The van der Waals surface area contributed by atoms with E-state index in [2.05, 4.69) is 212 Å². The molecule has 0 aliphatic heterocycles. The van der Waals surface area contributed by atoms with Gasteiger partial charge in [-0.05, 0) is 89.0 Å². The molecule has 0 saturated heterocycles. The molecule has 1 aromatic heterocycles. The van der Waals surface area contributed by atoms with Gasteiger partial charge in [0.1, 0.15) is 0 Å². The van der Waals surface area contributed by atoms with E-state index in [0.717, 1.165) is 49.7 Å². The average Bonchev–Trinajstić information content (AvgIpc) is 3.33. The van der Waals surface area contributed by atoms with Crippen molar-refractivity contribution in [2.45, 2.75) is 0 Å². The molecule has 0 N–H and O–H groups in total. The van der Waals surface area contributed by atoms with Gasteiger partial charge in [0.05, 0.1) is 0 Å². The van der Waals surface area contributed by atoms with Crippen molar-refractivity contribution in [1.29, 1.82) is 0 Å². The SMILES string of the molecule is c1ccc(-c2cccc(-c3nc(-c4ccccc4-c4ccccc4)nc(-c4ccc(-c5c6ccccc6c(-c6ccccc6)c6ccccc56)c5ccccc45)n3)c2)cc1. The highest BCUT2D eigenvalue weighted by Crippen LogP contribution is 2.46. The standard InChI is InChI=1S/C57H37N3/c1-4-19-38(20-5-1)41-25-18-26-42(37-41)55-58-56(51-34-17-10-27-43(51)39-21-6-2-7-22-39)60-57(59-55)52-36-35-50(44-28-11-12-29-45(44)52)54-48-32-15-13-30-46(48)53(40-23-8-3-9-24-40)47-31-14-16-33-49(47)54/h1-37H. The van der Waals surface area contributed by atoms with Crippen molar-refractivity contribution in [3.05, 3.63) is 224 Å². The van der Waals surface area contributed by atoms with Crippen LogP contribution in [0.1, 0.15) is 0 Å². The van der Waals surface area contributed by atoms with Crippen LogP contribution in [0.2, 0.25) is 0 Å². The number of hydrogen-bond donors (Lipinski definition) is 0. The van der Waals surface area contributed by atoms with Crippen molar-refractivity contribution in [2.24, 2.45) is 0 Å². The summed E-state index contributed by atoms with van der Waals surface area (Å²) >= 11 is 0. The van der Waals surface area contributed by atoms with Gasteiger partial charge in [-0.2, -0.15) is 0 Å². The number of benzene rings is 10. The van der Waals surface area contributed by atoms with Crippen LogP contribution in [0.3, 0.4) is 0 Å². The Balaban J connectivity index is 1.15. The third-order valence-electron chi connectivity index (χ3n) is 11.5. The summed E-state index contributed by atoms with van der Waals surface area (Å²) in [7, 11) is 0. The Morgan fingerprint density at radius 1 is 0.200 bits per heavy atom. The smallest absolute Gasteiger partial charge is 0.164 e. The zero-order valence-corrected chi connectivity index (χ0v) is 32.7. The van der Waals surface area contributed by atoms with Gasteiger partial charge < -0.3 is 0 Å². The van der Waals surface area contributed by atoms with E-state index in [-0.39, 0.29) is 0 Å². The molecule has 0 saturated carbocycles. The molecule has 1 heterocycles. The molecule has 280 valence electrons. The lowest BCUT2D eigenvalue weighted by atomic mass is 9.84. The fraction of sp³-hybridized carbons (Fsp3) is 0. The number of nitrogens with zero attached hydrogens (tertiary/aromatic N) is 3. The minimum Gasteiger partial charge on any atom is -0.208 e. The van der Waals surface area contributed by atoms with Crippen molar-refractivity contribution in [1.82, 2.24) is 15.0 Å². The maximum atomic E-state index is 5.34. The van der Waals surface area contributed by atoms with Crippen molar-refractivity contribution >= 4 is 32.3 Å². The van der Waals surface area contributed by atoms with Gasteiger partial charge >= 0.3 is 0 Å². The summed E-state index contributed by atoms with van der Waals surface area (Å²) in [6, 6.07) is 79.4. The van der Waals surface area contributed by atoms with Crippen LogP contribution in [0, 0.1) is 0 Å². The lowest BCUT2D eigenvalue weighted by Crippen LogP contribution is -2.02. The molecule has 10 aromatic carbocycles. The first kappa shape index (κ1) is 35.2. The third kappa shape index (κ3) is 6.21. The predicted octanol–water partition coefficient (Wildman–Crippen LogP) is 15.0. The number of fused-ring (bicyclic) bond motifs is 3. The van der Waals surface area contributed by atoms with E-state index in [4.69, 9.17) is 15.0 Å². The Morgan fingerprint density at radius 2 is 0.600 bits per heavy atom. The largest absolute Gasteiger partial charge is 0.208 e. The van der Waals surface area contributed by atoms with Gasteiger partial charge in [0.15, 0.2) is 17.5 Å². The molecule has 0 fully saturated rings. The van der Waals surface area contributed by atoms with E-state index >= 15 is 0 Å². The topological polar surface area (TPSA) is 38.7 Å². The molecule has 0 aliphatic carbocycles. The van der Waals surface area contributed by atoms with Crippen molar-refractivity contribution in [3.8, 4) is 78.7 Å². The van der Waals surface area contributed by atoms with Crippen LogP contribution < -0.4 is 0 Å². The maximum absolute atomic E-state index is 5.34. The van der Waals surface area contributed by atoms with Gasteiger partial charge in [0, 0.05) is 16.7 Å². The molecular weight excluding hydrogens is 727 g/mol. The molecule has 0 aliphatic rings. The molecule has 3 heteroatoms. The highest BCUT2D eigenvalue weighted by molar-refractivity contribution is 6.24. The predicted molar refractivity (Wildman–Crippen MR) is 250 cm³/mol. The van der Waals surface area contributed by atoms with Crippen LogP contribution in [0.4, 0.5) is 0 Å². The lowest BCUT2D eigenvalue weighted by molar-refractivity contribution is 1.08. The van der Waals surface area contributed by atoms with Gasteiger partial charge in [-0.15, -0.1) is 0 Å². The number of hydrogen-bond acceptors (Lipinski definition) is 3. The van der Waals surface area contributed by atoms with Gasteiger partial charge in [-0.3, -0.25) is 0 Å². The molecule has 11 aromatic rings. The summed E-state index contributed by atoms with van der Waals surface area (Å²) in [6.07, 6.45) is 0.